The summed E-state index contributed by atoms with van der Waals surface area (Å²) in [6.07, 6.45) is 7.89. The highest BCUT2D eigenvalue weighted by atomic mass is 14.6. The Hall–Kier alpha value is -2.67. The van der Waals surface area contributed by atoms with Crippen LogP contribution in [0.2, 0.25) is 0 Å². The van der Waals surface area contributed by atoms with E-state index in [-0.39, 0.29) is 0 Å². The molecule has 0 aliphatic rings. The molecule has 2 aromatic carbocycles. The summed E-state index contributed by atoms with van der Waals surface area (Å²) >= 11 is 0. The molecule has 1 aromatic heterocycles. The van der Waals surface area contributed by atoms with Gasteiger partial charge in [0.25, 0.3) is 0 Å². The smallest absolute Gasteiger partial charge is 0.0273 e. The van der Waals surface area contributed by atoms with Crippen molar-refractivity contribution in [2.45, 2.75) is 0 Å². The van der Waals surface area contributed by atoms with Gasteiger partial charge in [-0.05, 0) is 34.4 Å². The lowest BCUT2D eigenvalue weighted by Crippen LogP contribution is -1.79. The summed E-state index contributed by atoms with van der Waals surface area (Å²) in [6.45, 7) is 0. The molecule has 0 aliphatic carbocycles. The molecular weight excluding hydrogens is 242 g/mol. The maximum Gasteiger partial charge on any atom is 0.0273 e. The van der Waals surface area contributed by atoms with E-state index in [2.05, 4.69) is 53.5 Å². The number of benzene rings is 2. The van der Waals surface area contributed by atoms with Crippen molar-refractivity contribution in [3.63, 3.8) is 0 Å². The first kappa shape index (κ1) is 12.4. The molecule has 0 aliphatic heterocycles. The van der Waals surface area contributed by atoms with Crippen molar-refractivity contribution < 1.29 is 0 Å². The third-order valence-electron chi connectivity index (χ3n) is 3.19. The summed E-state index contributed by atoms with van der Waals surface area (Å²) < 4.78 is 0. The first-order valence-electron chi connectivity index (χ1n) is 6.65. The highest BCUT2D eigenvalue weighted by molar-refractivity contribution is 5.71. The van der Waals surface area contributed by atoms with Gasteiger partial charge in [0, 0.05) is 12.4 Å². The Morgan fingerprint density at radius 1 is 0.550 bits per heavy atom. The van der Waals surface area contributed by atoms with Crippen LogP contribution in [0, 0.1) is 0 Å². The van der Waals surface area contributed by atoms with Gasteiger partial charge in [-0.1, -0.05) is 66.7 Å². The highest BCUT2D eigenvalue weighted by Crippen LogP contribution is 2.19. The largest absolute Gasteiger partial charge is 0.265 e. The van der Waals surface area contributed by atoms with Crippen molar-refractivity contribution in [3.8, 4) is 11.1 Å². The van der Waals surface area contributed by atoms with Gasteiger partial charge in [-0.2, -0.15) is 0 Å². The lowest BCUT2D eigenvalue weighted by molar-refractivity contribution is 1.33. The SMILES string of the molecule is C(=C\c1ccc(-c2ccncc2)cc1)/c1ccccc1. The van der Waals surface area contributed by atoms with Gasteiger partial charge in [0.2, 0.25) is 0 Å². The van der Waals surface area contributed by atoms with E-state index < -0.39 is 0 Å². The number of hydrogen-bond donors (Lipinski definition) is 0. The average Bonchev–Trinajstić information content (AvgIpc) is 2.55. The topological polar surface area (TPSA) is 12.9 Å². The van der Waals surface area contributed by atoms with E-state index >= 15 is 0 Å². The molecule has 0 amide bonds. The van der Waals surface area contributed by atoms with Crippen LogP contribution >= 0.6 is 0 Å². The van der Waals surface area contributed by atoms with E-state index in [0.29, 0.717) is 0 Å². The fraction of sp³-hybridized carbons (Fsp3) is 0. The Kier molecular flexibility index (Phi) is 3.70. The van der Waals surface area contributed by atoms with Gasteiger partial charge in [-0.25, -0.2) is 0 Å². The van der Waals surface area contributed by atoms with Crippen LogP contribution in [0.15, 0.2) is 79.1 Å². The number of pyridine rings is 1. The third kappa shape index (κ3) is 3.01. The Morgan fingerprint density at radius 2 is 1.10 bits per heavy atom. The monoisotopic (exact) mass is 257 g/mol. The maximum absolute atomic E-state index is 4.04. The molecule has 20 heavy (non-hydrogen) atoms. The van der Waals surface area contributed by atoms with Crippen LogP contribution < -0.4 is 0 Å². The minimum absolute atomic E-state index is 1.19. The van der Waals surface area contributed by atoms with Crippen LogP contribution in [0.3, 0.4) is 0 Å². The van der Waals surface area contributed by atoms with Crippen molar-refractivity contribution in [2.24, 2.45) is 0 Å². The summed E-state index contributed by atoms with van der Waals surface area (Å²) in [4.78, 5) is 4.04. The van der Waals surface area contributed by atoms with Gasteiger partial charge in [0.05, 0.1) is 0 Å². The molecule has 0 fully saturated rings. The predicted molar refractivity (Wildman–Crippen MR) is 85.0 cm³/mol. The molecular formula is C19H15N. The van der Waals surface area contributed by atoms with Crippen molar-refractivity contribution in [1.82, 2.24) is 4.98 Å². The molecule has 0 spiro atoms. The molecule has 96 valence electrons. The van der Waals surface area contributed by atoms with Crippen molar-refractivity contribution >= 4 is 12.2 Å². The van der Waals surface area contributed by atoms with Gasteiger partial charge in [-0.3, -0.25) is 4.98 Å². The van der Waals surface area contributed by atoms with Crippen molar-refractivity contribution in [1.29, 1.82) is 0 Å². The molecule has 1 nitrogen and oxygen atoms in total. The maximum atomic E-state index is 4.04. The zero-order valence-corrected chi connectivity index (χ0v) is 11.1. The molecule has 0 unspecified atom stereocenters. The molecule has 0 saturated carbocycles. The first-order chi connectivity index (χ1) is 9.92. The molecule has 1 heteroatoms. The van der Waals surface area contributed by atoms with Gasteiger partial charge in [-0.15, -0.1) is 0 Å². The number of aromatic nitrogens is 1. The van der Waals surface area contributed by atoms with E-state index in [9.17, 15) is 0 Å². The normalized spacial score (nSPS) is 10.8. The molecule has 3 rings (SSSR count). The third-order valence-corrected chi connectivity index (χ3v) is 3.19. The lowest BCUT2D eigenvalue weighted by Gasteiger charge is -2.01. The summed E-state index contributed by atoms with van der Waals surface area (Å²) in [5, 5.41) is 0. The lowest BCUT2D eigenvalue weighted by atomic mass is 10.0. The number of hydrogen-bond acceptors (Lipinski definition) is 1. The van der Waals surface area contributed by atoms with Gasteiger partial charge < -0.3 is 0 Å². The molecule has 0 bridgehead atoms. The van der Waals surface area contributed by atoms with Gasteiger partial charge >= 0.3 is 0 Å². The van der Waals surface area contributed by atoms with Gasteiger partial charge in [0.15, 0.2) is 0 Å². The Labute approximate surface area is 119 Å². The fourth-order valence-electron chi connectivity index (χ4n) is 2.09. The molecule has 1 heterocycles. The van der Waals surface area contributed by atoms with E-state index in [0.717, 1.165) is 0 Å². The second kappa shape index (κ2) is 5.98. The van der Waals surface area contributed by atoms with Crippen molar-refractivity contribution in [3.05, 3.63) is 90.3 Å². The van der Waals surface area contributed by atoms with Crippen LogP contribution in [0.5, 0.6) is 0 Å². The molecule has 0 N–H and O–H groups in total. The quantitative estimate of drug-likeness (QED) is 0.607. The second-order valence-electron chi connectivity index (χ2n) is 4.60. The summed E-state index contributed by atoms with van der Waals surface area (Å²) in [5.41, 5.74) is 4.82. The molecule has 0 radical (unpaired) electrons. The number of rotatable bonds is 3. The second-order valence-corrected chi connectivity index (χ2v) is 4.60. The molecule has 0 atom stereocenters. The summed E-state index contributed by atoms with van der Waals surface area (Å²) in [7, 11) is 0. The van der Waals surface area contributed by atoms with Crippen LogP contribution in [-0.4, -0.2) is 4.98 Å². The van der Waals surface area contributed by atoms with Crippen LogP contribution in [0.1, 0.15) is 11.1 Å². The predicted octanol–water partition coefficient (Wildman–Crippen LogP) is 4.92. The van der Waals surface area contributed by atoms with Crippen LogP contribution in [0.4, 0.5) is 0 Å². The fourth-order valence-corrected chi connectivity index (χ4v) is 2.09. The standard InChI is InChI=1S/C19H15N/c1-2-4-16(5-3-1)6-7-17-8-10-18(11-9-17)19-12-14-20-15-13-19/h1-15H/b7-6+. The zero-order valence-electron chi connectivity index (χ0n) is 11.1. The Morgan fingerprint density at radius 3 is 1.75 bits per heavy atom. The molecule has 3 aromatic rings. The molecule has 0 saturated heterocycles. The first-order valence-corrected chi connectivity index (χ1v) is 6.65. The zero-order chi connectivity index (χ0) is 13.6. The van der Waals surface area contributed by atoms with E-state index in [1.165, 1.54) is 22.3 Å². The average molecular weight is 257 g/mol. The summed E-state index contributed by atoms with van der Waals surface area (Å²) in [6, 6.07) is 22.9. The number of nitrogens with zero attached hydrogens (tertiary/aromatic N) is 1. The van der Waals surface area contributed by atoms with Crippen LogP contribution in [-0.2, 0) is 0 Å². The van der Waals surface area contributed by atoms with Crippen LogP contribution in [0.25, 0.3) is 23.3 Å². The van der Waals surface area contributed by atoms with E-state index in [4.69, 9.17) is 0 Å². The highest BCUT2D eigenvalue weighted by Gasteiger charge is 1.95. The Bertz CT molecular complexity index is 683. The Balaban J connectivity index is 1.79. The summed E-state index contributed by atoms with van der Waals surface area (Å²) in [5.74, 6) is 0. The minimum atomic E-state index is 1.19. The van der Waals surface area contributed by atoms with E-state index in [1.807, 2.05) is 42.7 Å². The minimum Gasteiger partial charge on any atom is -0.265 e. The van der Waals surface area contributed by atoms with Gasteiger partial charge in [0.1, 0.15) is 0 Å². The van der Waals surface area contributed by atoms with E-state index in [1.54, 1.807) is 0 Å². The van der Waals surface area contributed by atoms with Crippen molar-refractivity contribution in [2.75, 3.05) is 0 Å².